The number of ether oxygens (including phenoxy) is 1. The first-order valence-electron chi connectivity index (χ1n) is 7.57. The normalized spacial score (nSPS) is 10.4. The summed E-state index contributed by atoms with van der Waals surface area (Å²) in [5.41, 5.74) is 2.24. The highest BCUT2D eigenvalue weighted by atomic mass is 19.1. The van der Waals surface area contributed by atoms with E-state index in [1.165, 1.54) is 6.07 Å². The van der Waals surface area contributed by atoms with E-state index in [4.69, 9.17) is 4.74 Å². The quantitative estimate of drug-likeness (QED) is 0.753. The highest BCUT2D eigenvalue weighted by molar-refractivity contribution is 5.61. The third-order valence-electron chi connectivity index (χ3n) is 3.56. The second-order valence-corrected chi connectivity index (χ2v) is 5.17. The summed E-state index contributed by atoms with van der Waals surface area (Å²) in [5, 5.41) is 11.0. The SMILES string of the molecule is COc1cccc(-c2cnnc(NCCc3ccccc3F)n2)c1. The molecule has 0 saturated heterocycles. The van der Waals surface area contributed by atoms with Crippen molar-refractivity contribution in [3.63, 3.8) is 0 Å². The molecule has 0 aliphatic rings. The minimum atomic E-state index is -0.205. The molecule has 0 fully saturated rings. The lowest BCUT2D eigenvalue weighted by Crippen LogP contribution is -2.09. The molecule has 0 spiro atoms. The minimum absolute atomic E-state index is 0.205. The Hall–Kier alpha value is -3.02. The summed E-state index contributed by atoms with van der Waals surface area (Å²) in [4.78, 5) is 4.44. The molecule has 3 aromatic rings. The van der Waals surface area contributed by atoms with Crippen LogP contribution in [0.3, 0.4) is 0 Å². The van der Waals surface area contributed by atoms with Crippen LogP contribution in [-0.4, -0.2) is 28.8 Å². The van der Waals surface area contributed by atoms with Gasteiger partial charge in [-0.3, -0.25) is 0 Å². The van der Waals surface area contributed by atoms with Gasteiger partial charge in [0.1, 0.15) is 11.6 Å². The first-order chi connectivity index (χ1) is 11.8. The van der Waals surface area contributed by atoms with Crippen molar-refractivity contribution in [2.45, 2.75) is 6.42 Å². The Labute approximate surface area is 139 Å². The van der Waals surface area contributed by atoms with Gasteiger partial charge < -0.3 is 10.1 Å². The van der Waals surface area contributed by atoms with Crippen molar-refractivity contribution in [3.05, 3.63) is 66.1 Å². The van der Waals surface area contributed by atoms with Gasteiger partial charge in [-0.2, -0.15) is 5.10 Å². The lowest BCUT2D eigenvalue weighted by Gasteiger charge is -2.07. The first kappa shape index (κ1) is 15.9. The second kappa shape index (κ2) is 7.50. The number of aromatic nitrogens is 3. The zero-order chi connectivity index (χ0) is 16.8. The maximum atomic E-state index is 13.6. The van der Waals surface area contributed by atoms with Crippen molar-refractivity contribution in [2.24, 2.45) is 0 Å². The molecule has 0 bridgehead atoms. The van der Waals surface area contributed by atoms with Crippen LogP contribution in [0.1, 0.15) is 5.56 Å². The maximum absolute atomic E-state index is 13.6. The molecule has 0 amide bonds. The van der Waals surface area contributed by atoms with Gasteiger partial charge in [0, 0.05) is 12.1 Å². The number of methoxy groups -OCH3 is 1. The summed E-state index contributed by atoms with van der Waals surface area (Å²) in [6, 6.07) is 14.3. The fourth-order valence-corrected chi connectivity index (χ4v) is 2.31. The summed E-state index contributed by atoms with van der Waals surface area (Å²) >= 11 is 0. The molecule has 0 aliphatic carbocycles. The zero-order valence-electron chi connectivity index (χ0n) is 13.2. The molecule has 0 aliphatic heterocycles. The Balaban J connectivity index is 1.68. The van der Waals surface area contributed by atoms with Crippen LogP contribution in [0.15, 0.2) is 54.7 Å². The number of hydrogen-bond acceptors (Lipinski definition) is 5. The molecule has 0 unspecified atom stereocenters. The van der Waals surface area contributed by atoms with Crippen molar-refractivity contribution in [1.29, 1.82) is 0 Å². The van der Waals surface area contributed by atoms with Crippen LogP contribution < -0.4 is 10.1 Å². The lowest BCUT2D eigenvalue weighted by molar-refractivity contribution is 0.415. The summed E-state index contributed by atoms with van der Waals surface area (Å²) in [7, 11) is 1.62. The molecule has 6 heteroatoms. The molecule has 122 valence electrons. The van der Waals surface area contributed by atoms with E-state index in [0.717, 1.165) is 11.3 Å². The smallest absolute Gasteiger partial charge is 0.243 e. The van der Waals surface area contributed by atoms with Gasteiger partial charge in [-0.15, -0.1) is 5.10 Å². The van der Waals surface area contributed by atoms with Crippen LogP contribution in [0.25, 0.3) is 11.3 Å². The molecule has 1 aromatic heterocycles. The zero-order valence-corrected chi connectivity index (χ0v) is 13.2. The number of benzene rings is 2. The van der Waals surface area contributed by atoms with Crippen LogP contribution in [0.5, 0.6) is 5.75 Å². The Morgan fingerprint density at radius 2 is 2.00 bits per heavy atom. The molecule has 2 aromatic carbocycles. The number of nitrogens with zero attached hydrogens (tertiary/aromatic N) is 3. The molecule has 5 nitrogen and oxygen atoms in total. The molecule has 1 heterocycles. The first-order valence-corrected chi connectivity index (χ1v) is 7.57. The minimum Gasteiger partial charge on any atom is -0.497 e. The Morgan fingerprint density at radius 1 is 1.12 bits per heavy atom. The van der Waals surface area contributed by atoms with Crippen molar-refractivity contribution < 1.29 is 9.13 Å². The summed E-state index contributed by atoms with van der Waals surface area (Å²) in [6.45, 7) is 0.518. The predicted molar refractivity (Wildman–Crippen MR) is 90.4 cm³/mol. The van der Waals surface area contributed by atoms with E-state index in [1.54, 1.807) is 25.4 Å². The van der Waals surface area contributed by atoms with E-state index >= 15 is 0 Å². The van der Waals surface area contributed by atoms with Gasteiger partial charge >= 0.3 is 0 Å². The third kappa shape index (κ3) is 3.84. The van der Waals surface area contributed by atoms with E-state index in [0.29, 0.717) is 30.2 Å². The summed E-state index contributed by atoms with van der Waals surface area (Å²) in [6.07, 6.45) is 2.14. The monoisotopic (exact) mass is 324 g/mol. The Bertz CT molecular complexity index is 825. The lowest BCUT2D eigenvalue weighted by atomic mass is 10.1. The fourth-order valence-electron chi connectivity index (χ4n) is 2.31. The molecule has 24 heavy (non-hydrogen) atoms. The van der Waals surface area contributed by atoms with Crippen molar-refractivity contribution in [3.8, 4) is 17.0 Å². The van der Waals surface area contributed by atoms with Gasteiger partial charge in [-0.1, -0.05) is 30.3 Å². The fraction of sp³-hybridized carbons (Fsp3) is 0.167. The Kier molecular flexibility index (Phi) is 4.96. The van der Waals surface area contributed by atoms with Gasteiger partial charge in [0.2, 0.25) is 5.95 Å². The van der Waals surface area contributed by atoms with Crippen LogP contribution in [0.2, 0.25) is 0 Å². The van der Waals surface area contributed by atoms with Crippen LogP contribution >= 0.6 is 0 Å². The van der Waals surface area contributed by atoms with Crippen molar-refractivity contribution in [1.82, 2.24) is 15.2 Å². The largest absolute Gasteiger partial charge is 0.497 e. The molecule has 3 rings (SSSR count). The van der Waals surface area contributed by atoms with Gasteiger partial charge in [0.15, 0.2) is 0 Å². The van der Waals surface area contributed by atoms with Crippen LogP contribution in [0.4, 0.5) is 10.3 Å². The number of rotatable bonds is 6. The second-order valence-electron chi connectivity index (χ2n) is 5.17. The average molecular weight is 324 g/mol. The van der Waals surface area contributed by atoms with E-state index < -0.39 is 0 Å². The van der Waals surface area contributed by atoms with E-state index in [1.807, 2.05) is 30.3 Å². The number of halogens is 1. The third-order valence-corrected chi connectivity index (χ3v) is 3.56. The molecular weight excluding hydrogens is 307 g/mol. The molecule has 0 saturated carbocycles. The summed E-state index contributed by atoms with van der Waals surface area (Å²) in [5.74, 6) is 0.954. The standard InChI is InChI=1S/C18H17FN4O/c1-24-15-7-4-6-14(11-15)17-12-21-23-18(22-17)20-10-9-13-5-2-3-8-16(13)19/h2-8,11-12H,9-10H2,1H3,(H,20,22,23). The van der Waals surface area contributed by atoms with Crippen molar-refractivity contribution in [2.75, 3.05) is 19.0 Å². The van der Waals surface area contributed by atoms with Gasteiger partial charge in [-0.05, 0) is 30.2 Å². The number of hydrogen-bond donors (Lipinski definition) is 1. The Morgan fingerprint density at radius 3 is 2.83 bits per heavy atom. The van der Waals surface area contributed by atoms with Crippen LogP contribution in [-0.2, 0) is 6.42 Å². The molecule has 0 radical (unpaired) electrons. The van der Waals surface area contributed by atoms with E-state index in [-0.39, 0.29) is 5.82 Å². The van der Waals surface area contributed by atoms with Gasteiger partial charge in [0.25, 0.3) is 0 Å². The molecule has 1 N–H and O–H groups in total. The van der Waals surface area contributed by atoms with E-state index in [2.05, 4.69) is 20.5 Å². The molecule has 0 atom stereocenters. The highest BCUT2D eigenvalue weighted by Gasteiger charge is 2.05. The average Bonchev–Trinajstić information content (AvgIpc) is 2.64. The van der Waals surface area contributed by atoms with Crippen molar-refractivity contribution >= 4 is 5.95 Å². The topological polar surface area (TPSA) is 59.9 Å². The predicted octanol–water partition coefficient (Wildman–Crippen LogP) is 3.34. The maximum Gasteiger partial charge on any atom is 0.243 e. The van der Waals surface area contributed by atoms with Gasteiger partial charge in [-0.25, -0.2) is 9.37 Å². The highest BCUT2D eigenvalue weighted by Crippen LogP contribution is 2.21. The number of nitrogens with one attached hydrogen (secondary N) is 1. The molecular formula is C18H17FN4O. The summed E-state index contributed by atoms with van der Waals surface area (Å²) < 4.78 is 18.8. The van der Waals surface area contributed by atoms with E-state index in [9.17, 15) is 4.39 Å². The van der Waals surface area contributed by atoms with Gasteiger partial charge in [0.05, 0.1) is 19.0 Å². The van der Waals surface area contributed by atoms with Crippen LogP contribution in [0, 0.1) is 5.82 Å². The number of anilines is 1.